The fourth-order valence-corrected chi connectivity index (χ4v) is 1.81. The molecule has 0 aliphatic rings. The van der Waals surface area contributed by atoms with Gasteiger partial charge < -0.3 is 5.32 Å². The Hall–Kier alpha value is -2.00. The first kappa shape index (κ1) is 17.1. The van der Waals surface area contributed by atoms with Crippen molar-refractivity contribution in [2.45, 2.75) is 27.3 Å². The molecule has 0 bridgehead atoms. The number of rotatable bonds is 7. The molecule has 0 atom stereocenters. The van der Waals surface area contributed by atoms with Crippen molar-refractivity contribution in [2.75, 3.05) is 6.54 Å². The van der Waals surface area contributed by atoms with Crippen molar-refractivity contribution >= 4 is 6.21 Å². The van der Waals surface area contributed by atoms with Crippen LogP contribution in [0.3, 0.4) is 0 Å². The first-order chi connectivity index (χ1) is 10.2. The molecular weight excluding hydrogens is 263 g/mol. The van der Waals surface area contributed by atoms with E-state index in [-0.39, 0.29) is 5.82 Å². The molecule has 21 heavy (non-hydrogen) atoms. The summed E-state index contributed by atoms with van der Waals surface area (Å²) in [7, 11) is 0. The van der Waals surface area contributed by atoms with E-state index in [0.29, 0.717) is 18.7 Å². The second-order valence-corrected chi connectivity index (χ2v) is 4.60. The Bertz CT molecular complexity index is 554. The number of benzene rings is 1. The number of hydrogen-bond donors (Lipinski definition) is 1. The highest BCUT2D eigenvalue weighted by atomic mass is 19.1. The zero-order valence-corrected chi connectivity index (χ0v) is 12.9. The van der Waals surface area contributed by atoms with E-state index in [1.165, 1.54) is 6.07 Å². The first-order valence-corrected chi connectivity index (χ1v) is 7.11. The summed E-state index contributed by atoms with van der Waals surface area (Å²) < 4.78 is 13.5. The van der Waals surface area contributed by atoms with Crippen molar-refractivity contribution < 1.29 is 4.39 Å². The quantitative estimate of drug-likeness (QED) is 0.582. The lowest BCUT2D eigenvalue weighted by Gasteiger charge is -2.08. The van der Waals surface area contributed by atoms with Crippen LogP contribution >= 0.6 is 0 Å². The first-order valence-electron chi connectivity index (χ1n) is 7.11. The van der Waals surface area contributed by atoms with Gasteiger partial charge in [0.05, 0.1) is 5.70 Å². The number of halogens is 1. The van der Waals surface area contributed by atoms with E-state index in [1.54, 1.807) is 18.3 Å². The van der Waals surface area contributed by atoms with Gasteiger partial charge in [-0.1, -0.05) is 42.5 Å². The average Bonchev–Trinajstić information content (AvgIpc) is 2.48. The highest BCUT2D eigenvalue weighted by Gasteiger charge is 2.02. The Morgan fingerprint density at radius 1 is 1.24 bits per heavy atom. The molecule has 2 nitrogen and oxygen atoms in total. The summed E-state index contributed by atoms with van der Waals surface area (Å²) >= 11 is 0. The average molecular weight is 286 g/mol. The summed E-state index contributed by atoms with van der Waals surface area (Å²) in [6.07, 6.45) is 9.73. The molecular formula is C18H23FN2. The molecule has 0 saturated carbocycles. The fraction of sp³-hybridized carbons (Fsp3) is 0.278. The second-order valence-electron chi connectivity index (χ2n) is 4.60. The Morgan fingerprint density at radius 3 is 2.67 bits per heavy atom. The van der Waals surface area contributed by atoms with Crippen LogP contribution in [0.1, 0.15) is 26.3 Å². The molecule has 0 saturated heterocycles. The molecule has 0 aliphatic carbocycles. The SMILES string of the molecule is CC=N/C(CNCc1ccccc1F)=C(C)/C=C\C=C/C. The lowest BCUT2D eigenvalue weighted by molar-refractivity contribution is 0.594. The van der Waals surface area contributed by atoms with Crippen molar-refractivity contribution in [3.63, 3.8) is 0 Å². The monoisotopic (exact) mass is 286 g/mol. The lowest BCUT2D eigenvalue weighted by atomic mass is 10.2. The summed E-state index contributed by atoms with van der Waals surface area (Å²) in [6, 6.07) is 6.80. The number of hydrogen-bond acceptors (Lipinski definition) is 2. The second kappa shape index (κ2) is 9.83. The van der Waals surface area contributed by atoms with E-state index < -0.39 is 0 Å². The van der Waals surface area contributed by atoms with Crippen LogP contribution in [-0.2, 0) is 6.54 Å². The van der Waals surface area contributed by atoms with Crippen molar-refractivity contribution in [3.05, 3.63) is 71.2 Å². The number of aliphatic imine (C=N–C) groups is 1. The Labute approximate surface area is 126 Å². The molecule has 0 amide bonds. The molecule has 0 unspecified atom stereocenters. The Morgan fingerprint density at radius 2 is 2.00 bits per heavy atom. The van der Waals surface area contributed by atoms with E-state index in [1.807, 2.05) is 51.1 Å². The van der Waals surface area contributed by atoms with E-state index in [0.717, 1.165) is 11.3 Å². The van der Waals surface area contributed by atoms with Crippen LogP contribution in [0.15, 0.2) is 64.8 Å². The van der Waals surface area contributed by atoms with Crippen LogP contribution in [-0.4, -0.2) is 12.8 Å². The third-order valence-electron chi connectivity index (χ3n) is 2.96. The maximum Gasteiger partial charge on any atom is 0.127 e. The topological polar surface area (TPSA) is 24.4 Å². The van der Waals surface area contributed by atoms with Crippen LogP contribution in [0.5, 0.6) is 0 Å². The van der Waals surface area contributed by atoms with E-state index in [2.05, 4.69) is 10.3 Å². The standard InChI is InChI=1S/C18H23FN2/c1-4-6-7-10-15(3)18(21-5-2)14-20-13-16-11-8-9-12-17(16)19/h4-12,20H,13-14H2,1-3H3/b6-4-,10-7-,18-15+,21-5?. The normalized spacial score (nSPS) is 13.5. The molecule has 3 heteroatoms. The summed E-state index contributed by atoms with van der Waals surface area (Å²) in [5.74, 6) is -0.181. The molecule has 0 radical (unpaired) electrons. The van der Waals surface area contributed by atoms with Gasteiger partial charge in [-0.15, -0.1) is 0 Å². The largest absolute Gasteiger partial charge is 0.307 e. The maximum absolute atomic E-state index is 13.5. The van der Waals surface area contributed by atoms with Gasteiger partial charge in [0.25, 0.3) is 0 Å². The molecule has 0 aliphatic heterocycles. The molecule has 1 rings (SSSR count). The van der Waals surface area contributed by atoms with Crippen LogP contribution in [0, 0.1) is 5.82 Å². The molecule has 1 aromatic rings. The van der Waals surface area contributed by atoms with Gasteiger partial charge in [-0.25, -0.2) is 4.39 Å². The van der Waals surface area contributed by atoms with Crippen LogP contribution < -0.4 is 5.32 Å². The molecule has 0 fully saturated rings. The molecule has 0 aromatic heterocycles. The molecule has 1 N–H and O–H groups in total. The predicted octanol–water partition coefficient (Wildman–Crippen LogP) is 4.41. The maximum atomic E-state index is 13.5. The summed E-state index contributed by atoms with van der Waals surface area (Å²) in [5.41, 5.74) is 2.71. The summed E-state index contributed by atoms with van der Waals surface area (Å²) in [4.78, 5) is 4.38. The summed E-state index contributed by atoms with van der Waals surface area (Å²) in [6.45, 7) is 6.98. The highest BCUT2D eigenvalue weighted by Crippen LogP contribution is 2.09. The number of nitrogens with zero attached hydrogens (tertiary/aromatic N) is 1. The van der Waals surface area contributed by atoms with Crippen molar-refractivity contribution in [3.8, 4) is 0 Å². The van der Waals surface area contributed by atoms with Crippen molar-refractivity contribution in [1.82, 2.24) is 5.32 Å². The van der Waals surface area contributed by atoms with Gasteiger partial charge in [-0.05, 0) is 32.4 Å². The van der Waals surface area contributed by atoms with Gasteiger partial charge in [0.1, 0.15) is 5.82 Å². The van der Waals surface area contributed by atoms with Crippen molar-refractivity contribution in [1.29, 1.82) is 0 Å². The minimum absolute atomic E-state index is 0.181. The fourth-order valence-electron chi connectivity index (χ4n) is 1.81. The van der Waals surface area contributed by atoms with E-state index >= 15 is 0 Å². The number of allylic oxidation sites excluding steroid dienone is 5. The minimum atomic E-state index is -0.181. The predicted molar refractivity (Wildman–Crippen MR) is 88.9 cm³/mol. The van der Waals surface area contributed by atoms with Crippen molar-refractivity contribution in [2.24, 2.45) is 4.99 Å². The minimum Gasteiger partial charge on any atom is -0.307 e. The van der Waals surface area contributed by atoms with E-state index in [9.17, 15) is 4.39 Å². The smallest absolute Gasteiger partial charge is 0.127 e. The molecule has 1 aromatic carbocycles. The van der Waals surface area contributed by atoms with Crippen LogP contribution in [0.4, 0.5) is 4.39 Å². The molecule has 0 spiro atoms. The molecule has 0 heterocycles. The van der Waals surface area contributed by atoms with Gasteiger partial charge in [-0.3, -0.25) is 4.99 Å². The summed E-state index contributed by atoms with van der Waals surface area (Å²) in [5, 5.41) is 3.24. The van der Waals surface area contributed by atoms with Crippen LogP contribution in [0.25, 0.3) is 0 Å². The third-order valence-corrected chi connectivity index (χ3v) is 2.96. The van der Waals surface area contributed by atoms with Crippen LogP contribution in [0.2, 0.25) is 0 Å². The van der Waals surface area contributed by atoms with Gasteiger partial charge in [0.2, 0.25) is 0 Å². The van der Waals surface area contributed by atoms with Gasteiger partial charge in [-0.2, -0.15) is 0 Å². The third kappa shape index (κ3) is 6.32. The van der Waals surface area contributed by atoms with Gasteiger partial charge in [0, 0.05) is 24.9 Å². The van der Waals surface area contributed by atoms with Gasteiger partial charge in [0.15, 0.2) is 0 Å². The molecule has 112 valence electrons. The Balaban J connectivity index is 2.67. The van der Waals surface area contributed by atoms with E-state index in [4.69, 9.17) is 0 Å². The highest BCUT2D eigenvalue weighted by molar-refractivity contribution is 5.56. The van der Waals surface area contributed by atoms with Gasteiger partial charge >= 0.3 is 0 Å². The number of nitrogens with one attached hydrogen (secondary N) is 1. The zero-order chi connectivity index (χ0) is 15.5. The zero-order valence-electron chi connectivity index (χ0n) is 12.9. The lowest BCUT2D eigenvalue weighted by Crippen LogP contribution is -2.17. The Kier molecular flexibility index (Phi) is 7.99.